The first-order chi connectivity index (χ1) is 9.10. The summed E-state index contributed by atoms with van der Waals surface area (Å²) in [5.74, 6) is 2.42. The highest BCUT2D eigenvalue weighted by molar-refractivity contribution is 5.76. The third-order valence-corrected chi connectivity index (χ3v) is 3.68. The molecule has 0 aromatic carbocycles. The lowest BCUT2D eigenvalue weighted by atomic mass is 10.1. The van der Waals surface area contributed by atoms with Crippen LogP contribution in [0.4, 0.5) is 0 Å². The second-order valence-electron chi connectivity index (χ2n) is 5.64. The minimum absolute atomic E-state index is 0.233. The van der Waals surface area contributed by atoms with E-state index in [1.165, 1.54) is 0 Å². The van der Waals surface area contributed by atoms with Crippen LogP contribution in [0, 0.1) is 12.8 Å². The first-order valence-corrected chi connectivity index (χ1v) is 7.15. The maximum atomic E-state index is 12.3. The fourth-order valence-corrected chi connectivity index (χ4v) is 2.18. The Hall–Kier alpha value is -1.29. The van der Waals surface area contributed by atoms with E-state index in [9.17, 15) is 4.79 Å². The van der Waals surface area contributed by atoms with Gasteiger partial charge < -0.3 is 15.1 Å². The summed E-state index contributed by atoms with van der Waals surface area (Å²) in [6.45, 7) is 5.27. The molecular formula is C15H24N2O2. The van der Waals surface area contributed by atoms with Crippen molar-refractivity contribution in [2.45, 2.75) is 52.1 Å². The summed E-state index contributed by atoms with van der Waals surface area (Å²) in [5, 5.41) is 0. The third-order valence-electron chi connectivity index (χ3n) is 3.68. The van der Waals surface area contributed by atoms with Crippen molar-refractivity contribution in [2.24, 2.45) is 11.7 Å². The molecule has 2 N–H and O–H groups in total. The van der Waals surface area contributed by atoms with Crippen LogP contribution in [0.5, 0.6) is 0 Å². The standard InChI is InChI=1S/C15H24N2O2/c1-11(9-16)3-8-15(18)17(13-5-6-13)10-14-7-4-12(2)19-14/h4,7,11,13H,3,5-6,8-10,16H2,1-2H3. The Morgan fingerprint density at radius 1 is 1.53 bits per heavy atom. The van der Waals surface area contributed by atoms with E-state index in [0.717, 1.165) is 30.8 Å². The highest BCUT2D eigenvalue weighted by atomic mass is 16.3. The molecule has 1 amide bonds. The van der Waals surface area contributed by atoms with Crippen LogP contribution in [0.1, 0.15) is 44.1 Å². The van der Waals surface area contributed by atoms with Crippen LogP contribution in [-0.2, 0) is 11.3 Å². The minimum atomic E-state index is 0.233. The van der Waals surface area contributed by atoms with Crippen LogP contribution in [0.3, 0.4) is 0 Å². The Kier molecular flexibility index (Phi) is 4.64. The Morgan fingerprint density at radius 2 is 2.26 bits per heavy atom. The molecule has 1 atom stereocenters. The number of hydrogen-bond donors (Lipinski definition) is 1. The Labute approximate surface area is 114 Å². The van der Waals surface area contributed by atoms with Gasteiger partial charge in [0.1, 0.15) is 11.5 Å². The van der Waals surface area contributed by atoms with Gasteiger partial charge >= 0.3 is 0 Å². The van der Waals surface area contributed by atoms with Gasteiger partial charge in [0, 0.05) is 12.5 Å². The zero-order chi connectivity index (χ0) is 13.8. The van der Waals surface area contributed by atoms with E-state index in [-0.39, 0.29) is 5.91 Å². The van der Waals surface area contributed by atoms with E-state index in [0.29, 0.717) is 31.5 Å². The van der Waals surface area contributed by atoms with Gasteiger partial charge in [0.25, 0.3) is 0 Å². The van der Waals surface area contributed by atoms with E-state index in [4.69, 9.17) is 10.2 Å². The molecule has 1 unspecified atom stereocenters. The van der Waals surface area contributed by atoms with Crippen molar-refractivity contribution in [1.82, 2.24) is 4.90 Å². The molecule has 1 aromatic heterocycles. The number of nitrogens with two attached hydrogens (primary N) is 1. The number of aryl methyl sites for hydroxylation is 1. The molecule has 1 fully saturated rings. The normalized spacial score (nSPS) is 16.4. The SMILES string of the molecule is Cc1ccc(CN(C(=O)CCC(C)CN)C2CC2)o1. The molecule has 4 heteroatoms. The van der Waals surface area contributed by atoms with Gasteiger partial charge in [0.05, 0.1) is 6.54 Å². The minimum Gasteiger partial charge on any atom is -0.464 e. The molecule has 0 aliphatic heterocycles. The molecule has 0 saturated heterocycles. The van der Waals surface area contributed by atoms with Crippen molar-refractivity contribution < 1.29 is 9.21 Å². The van der Waals surface area contributed by atoms with E-state index < -0.39 is 0 Å². The lowest BCUT2D eigenvalue weighted by Gasteiger charge is -2.22. The predicted molar refractivity (Wildman–Crippen MR) is 74.5 cm³/mol. The molecule has 106 valence electrons. The fourth-order valence-electron chi connectivity index (χ4n) is 2.18. The topological polar surface area (TPSA) is 59.5 Å². The smallest absolute Gasteiger partial charge is 0.223 e. The Balaban J connectivity index is 1.90. The summed E-state index contributed by atoms with van der Waals surface area (Å²) in [5.41, 5.74) is 5.59. The van der Waals surface area contributed by atoms with Crippen molar-refractivity contribution in [3.05, 3.63) is 23.7 Å². The van der Waals surface area contributed by atoms with Gasteiger partial charge in [-0.05, 0) is 50.8 Å². The summed E-state index contributed by atoms with van der Waals surface area (Å²) in [6, 6.07) is 4.33. The second-order valence-corrected chi connectivity index (χ2v) is 5.64. The van der Waals surface area contributed by atoms with Crippen molar-refractivity contribution in [3.63, 3.8) is 0 Å². The predicted octanol–water partition coefficient (Wildman–Crippen LogP) is 2.45. The number of nitrogens with zero attached hydrogens (tertiary/aromatic N) is 1. The van der Waals surface area contributed by atoms with Gasteiger partial charge in [-0.2, -0.15) is 0 Å². The van der Waals surface area contributed by atoms with E-state index in [1.807, 2.05) is 24.0 Å². The van der Waals surface area contributed by atoms with Gasteiger partial charge in [-0.25, -0.2) is 0 Å². The maximum Gasteiger partial charge on any atom is 0.223 e. The lowest BCUT2D eigenvalue weighted by molar-refractivity contribution is -0.133. The molecule has 0 radical (unpaired) electrons. The van der Waals surface area contributed by atoms with Gasteiger partial charge in [-0.15, -0.1) is 0 Å². The first kappa shape index (κ1) is 14.1. The molecule has 1 saturated carbocycles. The third kappa shape index (κ3) is 4.10. The first-order valence-electron chi connectivity index (χ1n) is 7.15. The number of amides is 1. The van der Waals surface area contributed by atoms with E-state index >= 15 is 0 Å². The second kappa shape index (κ2) is 6.24. The van der Waals surface area contributed by atoms with Crippen LogP contribution in [0.15, 0.2) is 16.5 Å². The maximum absolute atomic E-state index is 12.3. The molecule has 2 rings (SSSR count). The number of carbonyl (C=O) groups excluding carboxylic acids is 1. The van der Waals surface area contributed by atoms with Crippen molar-refractivity contribution in [2.75, 3.05) is 6.54 Å². The number of furan rings is 1. The summed E-state index contributed by atoms with van der Waals surface area (Å²) < 4.78 is 5.57. The number of hydrogen-bond acceptors (Lipinski definition) is 3. The van der Waals surface area contributed by atoms with Gasteiger partial charge in [-0.1, -0.05) is 6.92 Å². The zero-order valence-electron chi connectivity index (χ0n) is 11.9. The molecule has 0 bridgehead atoms. The van der Waals surface area contributed by atoms with E-state index in [2.05, 4.69) is 6.92 Å². The van der Waals surface area contributed by atoms with Gasteiger partial charge in [0.2, 0.25) is 5.91 Å². The Bertz CT molecular complexity index is 424. The molecule has 1 heterocycles. The molecule has 1 aliphatic carbocycles. The van der Waals surface area contributed by atoms with Crippen molar-refractivity contribution in [3.8, 4) is 0 Å². The average molecular weight is 264 g/mol. The molecule has 4 nitrogen and oxygen atoms in total. The van der Waals surface area contributed by atoms with Crippen LogP contribution in [0.25, 0.3) is 0 Å². The van der Waals surface area contributed by atoms with Crippen LogP contribution >= 0.6 is 0 Å². The number of rotatable bonds is 7. The highest BCUT2D eigenvalue weighted by Crippen LogP contribution is 2.29. The largest absolute Gasteiger partial charge is 0.464 e. The zero-order valence-corrected chi connectivity index (χ0v) is 11.9. The van der Waals surface area contributed by atoms with E-state index in [1.54, 1.807) is 0 Å². The molecular weight excluding hydrogens is 240 g/mol. The lowest BCUT2D eigenvalue weighted by Crippen LogP contribution is -2.32. The molecule has 0 spiro atoms. The number of carbonyl (C=O) groups is 1. The molecule has 1 aliphatic rings. The molecule has 1 aromatic rings. The average Bonchev–Trinajstić information content (AvgIpc) is 3.16. The van der Waals surface area contributed by atoms with Gasteiger partial charge in [-0.3, -0.25) is 4.79 Å². The highest BCUT2D eigenvalue weighted by Gasteiger charge is 2.32. The van der Waals surface area contributed by atoms with Crippen LogP contribution in [0.2, 0.25) is 0 Å². The summed E-state index contributed by atoms with van der Waals surface area (Å²) >= 11 is 0. The Morgan fingerprint density at radius 3 is 2.79 bits per heavy atom. The quantitative estimate of drug-likeness (QED) is 0.823. The van der Waals surface area contributed by atoms with Crippen LogP contribution < -0.4 is 5.73 Å². The molecule has 19 heavy (non-hydrogen) atoms. The summed E-state index contributed by atoms with van der Waals surface area (Å²) in [7, 11) is 0. The van der Waals surface area contributed by atoms with Gasteiger partial charge in [0.15, 0.2) is 0 Å². The summed E-state index contributed by atoms with van der Waals surface area (Å²) in [4.78, 5) is 14.3. The monoisotopic (exact) mass is 264 g/mol. The van der Waals surface area contributed by atoms with Crippen molar-refractivity contribution >= 4 is 5.91 Å². The fraction of sp³-hybridized carbons (Fsp3) is 0.667. The summed E-state index contributed by atoms with van der Waals surface area (Å²) in [6.07, 6.45) is 3.71. The van der Waals surface area contributed by atoms with Crippen LogP contribution in [-0.4, -0.2) is 23.4 Å². The van der Waals surface area contributed by atoms with Crippen molar-refractivity contribution in [1.29, 1.82) is 0 Å².